The SMILES string of the molecule is CN(C=O)c1c(F)cc(F)cc1F. The zero-order valence-electron chi connectivity index (χ0n) is 6.72. The Bertz CT molecular complexity index is 317. The zero-order valence-corrected chi connectivity index (χ0v) is 6.72. The third-order valence-corrected chi connectivity index (χ3v) is 1.49. The molecule has 0 saturated carbocycles. The Kier molecular flexibility index (Phi) is 2.55. The van der Waals surface area contributed by atoms with Gasteiger partial charge in [0.2, 0.25) is 6.41 Å². The molecule has 70 valence electrons. The molecular formula is C8H6F3NO. The Hall–Kier alpha value is -1.52. The molecule has 0 N–H and O–H groups in total. The summed E-state index contributed by atoms with van der Waals surface area (Å²) in [6.45, 7) is 0. The third-order valence-electron chi connectivity index (χ3n) is 1.49. The summed E-state index contributed by atoms with van der Waals surface area (Å²) < 4.78 is 38.1. The number of halogens is 3. The summed E-state index contributed by atoms with van der Waals surface area (Å²) in [6.07, 6.45) is 0.236. The topological polar surface area (TPSA) is 20.3 Å². The number of nitrogens with zero attached hydrogens (tertiary/aromatic N) is 1. The molecule has 0 aliphatic carbocycles. The predicted molar refractivity (Wildman–Crippen MR) is 40.8 cm³/mol. The van der Waals surface area contributed by atoms with Crippen LogP contribution in [0.3, 0.4) is 0 Å². The van der Waals surface area contributed by atoms with E-state index in [0.29, 0.717) is 17.0 Å². The Balaban J connectivity index is 3.28. The number of carbonyl (C=O) groups is 1. The first-order valence-electron chi connectivity index (χ1n) is 3.39. The maximum atomic E-state index is 12.9. The molecular weight excluding hydrogens is 183 g/mol. The third kappa shape index (κ3) is 1.80. The van der Waals surface area contributed by atoms with E-state index in [1.165, 1.54) is 7.05 Å². The van der Waals surface area contributed by atoms with E-state index in [0.717, 1.165) is 0 Å². The van der Waals surface area contributed by atoms with Crippen LogP contribution in [0.15, 0.2) is 12.1 Å². The average molecular weight is 189 g/mol. The fourth-order valence-corrected chi connectivity index (χ4v) is 0.924. The van der Waals surface area contributed by atoms with Crippen LogP contribution < -0.4 is 4.90 Å². The van der Waals surface area contributed by atoms with E-state index in [9.17, 15) is 18.0 Å². The average Bonchev–Trinajstić information content (AvgIpc) is 2.02. The largest absolute Gasteiger partial charge is 0.313 e. The van der Waals surface area contributed by atoms with Gasteiger partial charge in [-0.3, -0.25) is 4.79 Å². The summed E-state index contributed by atoms with van der Waals surface area (Å²) >= 11 is 0. The molecule has 0 atom stereocenters. The molecule has 0 unspecified atom stereocenters. The summed E-state index contributed by atoms with van der Waals surface area (Å²) in [5, 5.41) is 0. The van der Waals surface area contributed by atoms with Crippen molar-refractivity contribution in [1.29, 1.82) is 0 Å². The first-order valence-corrected chi connectivity index (χ1v) is 3.39. The highest BCUT2D eigenvalue weighted by molar-refractivity contribution is 5.74. The summed E-state index contributed by atoms with van der Waals surface area (Å²) in [7, 11) is 1.17. The van der Waals surface area contributed by atoms with Crippen molar-refractivity contribution in [3.63, 3.8) is 0 Å². The summed E-state index contributed by atoms with van der Waals surface area (Å²) in [5.41, 5.74) is -0.559. The Morgan fingerprint density at radius 2 is 1.69 bits per heavy atom. The fraction of sp³-hybridized carbons (Fsp3) is 0.125. The molecule has 2 nitrogen and oxygen atoms in total. The van der Waals surface area contributed by atoms with E-state index in [1.54, 1.807) is 0 Å². The van der Waals surface area contributed by atoms with Gasteiger partial charge in [0.25, 0.3) is 0 Å². The van der Waals surface area contributed by atoms with Gasteiger partial charge in [0.1, 0.15) is 11.5 Å². The molecule has 0 heterocycles. The Morgan fingerprint density at radius 3 is 2.08 bits per heavy atom. The molecule has 1 rings (SSSR count). The van der Waals surface area contributed by atoms with E-state index in [2.05, 4.69) is 0 Å². The van der Waals surface area contributed by atoms with Gasteiger partial charge in [0, 0.05) is 19.2 Å². The van der Waals surface area contributed by atoms with Crippen LogP contribution in [0.1, 0.15) is 0 Å². The summed E-state index contributed by atoms with van der Waals surface area (Å²) in [4.78, 5) is 10.9. The van der Waals surface area contributed by atoms with Crippen molar-refractivity contribution in [3.8, 4) is 0 Å². The fourth-order valence-electron chi connectivity index (χ4n) is 0.924. The van der Waals surface area contributed by atoms with E-state index in [-0.39, 0.29) is 6.41 Å². The molecule has 0 radical (unpaired) electrons. The maximum absolute atomic E-state index is 12.9. The molecule has 13 heavy (non-hydrogen) atoms. The Labute approximate surface area is 72.6 Å². The van der Waals surface area contributed by atoms with Crippen molar-refractivity contribution in [1.82, 2.24) is 0 Å². The second-order valence-corrected chi connectivity index (χ2v) is 2.43. The molecule has 0 bridgehead atoms. The number of carbonyl (C=O) groups excluding carboxylic acids is 1. The van der Waals surface area contributed by atoms with Gasteiger partial charge in [-0.15, -0.1) is 0 Å². The zero-order chi connectivity index (χ0) is 10.0. The Morgan fingerprint density at radius 1 is 1.23 bits per heavy atom. The van der Waals surface area contributed by atoms with Crippen LogP contribution in [0.4, 0.5) is 18.9 Å². The lowest BCUT2D eigenvalue weighted by Crippen LogP contribution is -2.17. The van der Waals surface area contributed by atoms with Crippen molar-refractivity contribution >= 4 is 12.1 Å². The molecule has 1 aromatic carbocycles. The van der Waals surface area contributed by atoms with Gasteiger partial charge in [-0.25, -0.2) is 13.2 Å². The van der Waals surface area contributed by atoms with E-state index in [4.69, 9.17) is 0 Å². The van der Waals surface area contributed by atoms with Crippen LogP contribution in [0.5, 0.6) is 0 Å². The summed E-state index contributed by atoms with van der Waals surface area (Å²) in [6, 6.07) is 1.02. The molecule has 0 saturated heterocycles. The molecule has 0 aliphatic heterocycles. The second-order valence-electron chi connectivity index (χ2n) is 2.43. The molecule has 1 amide bonds. The predicted octanol–water partition coefficient (Wildman–Crippen LogP) is 1.70. The van der Waals surface area contributed by atoms with Crippen LogP contribution in [0, 0.1) is 17.5 Å². The van der Waals surface area contributed by atoms with E-state index in [1.807, 2.05) is 0 Å². The quantitative estimate of drug-likeness (QED) is 0.648. The molecule has 0 aliphatic rings. The highest BCUT2D eigenvalue weighted by Gasteiger charge is 2.14. The molecule has 0 spiro atoms. The van der Waals surface area contributed by atoms with Gasteiger partial charge in [-0.2, -0.15) is 0 Å². The number of amides is 1. The van der Waals surface area contributed by atoms with Crippen molar-refractivity contribution in [2.24, 2.45) is 0 Å². The highest BCUT2D eigenvalue weighted by atomic mass is 19.1. The number of benzene rings is 1. The van der Waals surface area contributed by atoms with Crippen LogP contribution in [0.2, 0.25) is 0 Å². The summed E-state index contributed by atoms with van der Waals surface area (Å²) in [5.74, 6) is -3.22. The van der Waals surface area contributed by atoms with Gasteiger partial charge in [-0.05, 0) is 0 Å². The molecule has 0 fully saturated rings. The van der Waals surface area contributed by atoms with E-state index >= 15 is 0 Å². The maximum Gasteiger partial charge on any atom is 0.214 e. The standard InChI is InChI=1S/C8H6F3NO/c1-12(4-13)8-6(10)2-5(9)3-7(8)11/h2-4H,1H3. The lowest BCUT2D eigenvalue weighted by atomic mass is 10.2. The minimum Gasteiger partial charge on any atom is -0.313 e. The number of rotatable bonds is 2. The van der Waals surface area contributed by atoms with Crippen molar-refractivity contribution in [2.45, 2.75) is 0 Å². The van der Waals surface area contributed by atoms with Crippen LogP contribution in [0.25, 0.3) is 0 Å². The number of anilines is 1. The van der Waals surface area contributed by atoms with Crippen LogP contribution in [-0.4, -0.2) is 13.5 Å². The van der Waals surface area contributed by atoms with Gasteiger partial charge < -0.3 is 4.90 Å². The minimum absolute atomic E-state index is 0.236. The van der Waals surface area contributed by atoms with Gasteiger partial charge >= 0.3 is 0 Å². The normalized spacial score (nSPS) is 9.85. The number of hydrogen-bond donors (Lipinski definition) is 0. The highest BCUT2D eigenvalue weighted by Crippen LogP contribution is 2.22. The van der Waals surface area contributed by atoms with Gasteiger partial charge in [0.05, 0.1) is 0 Å². The molecule has 0 aromatic heterocycles. The first-order chi connectivity index (χ1) is 6.06. The van der Waals surface area contributed by atoms with E-state index < -0.39 is 23.1 Å². The van der Waals surface area contributed by atoms with Gasteiger partial charge in [0.15, 0.2) is 11.6 Å². The van der Waals surface area contributed by atoms with Crippen LogP contribution in [-0.2, 0) is 4.79 Å². The van der Waals surface area contributed by atoms with Crippen molar-refractivity contribution in [2.75, 3.05) is 11.9 Å². The van der Waals surface area contributed by atoms with Crippen LogP contribution >= 0.6 is 0 Å². The number of hydrogen-bond acceptors (Lipinski definition) is 1. The lowest BCUT2D eigenvalue weighted by molar-refractivity contribution is -0.107. The van der Waals surface area contributed by atoms with Gasteiger partial charge in [-0.1, -0.05) is 0 Å². The first kappa shape index (κ1) is 9.57. The van der Waals surface area contributed by atoms with Crippen molar-refractivity contribution in [3.05, 3.63) is 29.6 Å². The lowest BCUT2D eigenvalue weighted by Gasteiger charge is -2.12. The smallest absolute Gasteiger partial charge is 0.214 e. The second kappa shape index (κ2) is 3.47. The monoisotopic (exact) mass is 189 g/mol. The van der Waals surface area contributed by atoms with Crippen molar-refractivity contribution < 1.29 is 18.0 Å². The molecule has 5 heteroatoms. The molecule has 1 aromatic rings. The minimum atomic E-state index is -1.10.